The van der Waals surface area contributed by atoms with Gasteiger partial charge in [-0.1, -0.05) is 0 Å². The van der Waals surface area contributed by atoms with E-state index in [0.29, 0.717) is 25.4 Å². The summed E-state index contributed by atoms with van der Waals surface area (Å²) in [6, 6.07) is 5.50. The van der Waals surface area contributed by atoms with Crippen molar-refractivity contribution in [3.63, 3.8) is 0 Å². The maximum absolute atomic E-state index is 10.7. The largest absolute Gasteiger partial charge is 0.490 e. The van der Waals surface area contributed by atoms with Crippen LogP contribution >= 0.6 is 0 Å². The fourth-order valence-electron chi connectivity index (χ4n) is 1.89. The first-order valence-electron chi connectivity index (χ1n) is 5.79. The van der Waals surface area contributed by atoms with E-state index in [9.17, 15) is 4.79 Å². The zero-order chi connectivity index (χ0) is 13.1. The summed E-state index contributed by atoms with van der Waals surface area (Å²) < 4.78 is 5.54. The minimum atomic E-state index is -0.920. The molecule has 0 radical (unpaired) electrons. The predicted octanol–water partition coefficient (Wildman–Crippen LogP) is 1.08. The summed E-state index contributed by atoms with van der Waals surface area (Å²) in [6.07, 6.45) is -0.920. The third-order valence-corrected chi connectivity index (χ3v) is 2.97. The zero-order valence-electron chi connectivity index (χ0n) is 10.3. The van der Waals surface area contributed by atoms with Gasteiger partial charge in [0.1, 0.15) is 12.4 Å². The van der Waals surface area contributed by atoms with Gasteiger partial charge in [-0.15, -0.1) is 0 Å². The van der Waals surface area contributed by atoms with E-state index in [-0.39, 0.29) is 0 Å². The highest BCUT2D eigenvalue weighted by molar-refractivity contribution is 5.67. The molecule has 1 aromatic carbocycles. The number of hydrogen-bond acceptors (Lipinski definition) is 4. The summed E-state index contributed by atoms with van der Waals surface area (Å²) in [7, 11) is 1.56. The number of fused-ring (bicyclic) bond motifs is 1. The average Bonchev–Trinajstić information content (AvgIpc) is 2.35. The summed E-state index contributed by atoms with van der Waals surface area (Å²) >= 11 is 0. The van der Waals surface area contributed by atoms with Crippen LogP contribution in [0, 0.1) is 0 Å². The van der Waals surface area contributed by atoms with Gasteiger partial charge in [0.05, 0.1) is 12.2 Å². The molecule has 0 aliphatic carbocycles. The summed E-state index contributed by atoms with van der Waals surface area (Å²) in [5.41, 5.74) is 7.37. The quantitative estimate of drug-likeness (QED) is 0.786. The van der Waals surface area contributed by atoms with Gasteiger partial charge < -0.3 is 25.4 Å². The molecule has 1 aliphatic rings. The van der Waals surface area contributed by atoms with Crippen molar-refractivity contribution in [3.8, 4) is 5.75 Å². The van der Waals surface area contributed by atoms with E-state index in [1.54, 1.807) is 13.1 Å². The molecule has 3 N–H and O–H groups in total. The SMILES string of the molecule is CN(CCN1CCOc2ccc(N)cc21)C(=O)O. The number of nitrogens with zero attached hydrogens (tertiary/aromatic N) is 2. The van der Waals surface area contributed by atoms with Crippen molar-refractivity contribution in [1.82, 2.24) is 4.90 Å². The number of benzene rings is 1. The molecular formula is C12H17N3O3. The number of nitrogen functional groups attached to an aromatic ring is 1. The molecule has 6 nitrogen and oxygen atoms in total. The van der Waals surface area contributed by atoms with E-state index in [1.165, 1.54) is 4.90 Å². The van der Waals surface area contributed by atoms with E-state index in [0.717, 1.165) is 18.0 Å². The minimum absolute atomic E-state index is 0.448. The van der Waals surface area contributed by atoms with Crippen LogP contribution in [0.25, 0.3) is 0 Å². The second-order valence-corrected chi connectivity index (χ2v) is 4.27. The number of carbonyl (C=O) groups is 1. The number of anilines is 2. The Morgan fingerprint density at radius 3 is 3.11 bits per heavy atom. The summed E-state index contributed by atoms with van der Waals surface area (Å²) in [5.74, 6) is 0.799. The van der Waals surface area contributed by atoms with Gasteiger partial charge in [0.25, 0.3) is 0 Å². The molecule has 0 fully saturated rings. The monoisotopic (exact) mass is 251 g/mol. The van der Waals surface area contributed by atoms with Crippen LogP contribution in [0.1, 0.15) is 0 Å². The van der Waals surface area contributed by atoms with Crippen LogP contribution in [0.2, 0.25) is 0 Å². The Balaban J connectivity index is 2.08. The van der Waals surface area contributed by atoms with Gasteiger partial charge in [0.15, 0.2) is 0 Å². The summed E-state index contributed by atoms with van der Waals surface area (Å²) in [4.78, 5) is 14.1. The van der Waals surface area contributed by atoms with Crippen LogP contribution in [0.4, 0.5) is 16.2 Å². The van der Waals surface area contributed by atoms with Gasteiger partial charge in [0, 0.05) is 25.8 Å². The molecule has 98 valence electrons. The Bertz CT molecular complexity index is 450. The number of amides is 1. The van der Waals surface area contributed by atoms with E-state index in [1.807, 2.05) is 12.1 Å². The fourth-order valence-corrected chi connectivity index (χ4v) is 1.89. The Morgan fingerprint density at radius 1 is 1.61 bits per heavy atom. The molecule has 1 aliphatic heterocycles. The van der Waals surface area contributed by atoms with Crippen LogP contribution < -0.4 is 15.4 Å². The molecule has 1 heterocycles. The molecule has 1 amide bonds. The number of carboxylic acid groups (broad SMARTS) is 1. The number of ether oxygens (including phenoxy) is 1. The first kappa shape index (κ1) is 12.3. The van der Waals surface area contributed by atoms with Crippen molar-refractivity contribution < 1.29 is 14.6 Å². The van der Waals surface area contributed by atoms with E-state index in [4.69, 9.17) is 15.6 Å². The Morgan fingerprint density at radius 2 is 2.39 bits per heavy atom. The molecule has 0 saturated heterocycles. The molecule has 0 spiro atoms. The average molecular weight is 251 g/mol. The highest BCUT2D eigenvalue weighted by Gasteiger charge is 2.18. The lowest BCUT2D eigenvalue weighted by Gasteiger charge is -2.32. The molecule has 0 aromatic heterocycles. The van der Waals surface area contributed by atoms with E-state index >= 15 is 0 Å². The molecule has 2 rings (SSSR count). The molecule has 0 bridgehead atoms. The standard InChI is InChI=1S/C12H17N3O3/c1-14(12(16)17)4-5-15-6-7-18-11-3-2-9(13)8-10(11)15/h2-3,8H,4-7,13H2,1H3,(H,16,17). The molecule has 6 heteroatoms. The summed E-state index contributed by atoms with van der Waals surface area (Å²) in [6.45, 7) is 2.42. The number of rotatable bonds is 3. The van der Waals surface area contributed by atoms with Gasteiger partial charge in [-0.3, -0.25) is 0 Å². The highest BCUT2D eigenvalue weighted by Crippen LogP contribution is 2.32. The predicted molar refractivity (Wildman–Crippen MR) is 69.2 cm³/mol. The number of hydrogen-bond donors (Lipinski definition) is 2. The van der Waals surface area contributed by atoms with Crippen molar-refractivity contribution >= 4 is 17.5 Å². The maximum atomic E-state index is 10.7. The van der Waals surface area contributed by atoms with Crippen molar-refractivity contribution in [1.29, 1.82) is 0 Å². The van der Waals surface area contributed by atoms with Crippen molar-refractivity contribution in [2.45, 2.75) is 0 Å². The van der Waals surface area contributed by atoms with Crippen molar-refractivity contribution in [2.24, 2.45) is 0 Å². The minimum Gasteiger partial charge on any atom is -0.490 e. The first-order valence-corrected chi connectivity index (χ1v) is 5.79. The number of likely N-dealkylation sites (N-methyl/N-ethyl adjacent to an activating group) is 1. The molecule has 0 saturated carbocycles. The second-order valence-electron chi connectivity index (χ2n) is 4.27. The van der Waals surface area contributed by atoms with Crippen molar-refractivity contribution in [3.05, 3.63) is 18.2 Å². The van der Waals surface area contributed by atoms with Gasteiger partial charge >= 0.3 is 6.09 Å². The topological polar surface area (TPSA) is 79.0 Å². The molecule has 0 unspecified atom stereocenters. The van der Waals surface area contributed by atoms with Gasteiger partial charge in [-0.25, -0.2) is 4.79 Å². The molecule has 1 aromatic rings. The Labute approximate surface area is 106 Å². The lowest BCUT2D eigenvalue weighted by atomic mass is 10.2. The molecule has 0 atom stereocenters. The normalized spacial score (nSPS) is 13.7. The zero-order valence-corrected chi connectivity index (χ0v) is 10.3. The lowest BCUT2D eigenvalue weighted by Crippen LogP contribution is -2.39. The third kappa shape index (κ3) is 2.58. The number of nitrogens with two attached hydrogens (primary N) is 1. The van der Waals surface area contributed by atoms with Gasteiger partial charge in [0.2, 0.25) is 0 Å². The van der Waals surface area contributed by atoms with Gasteiger partial charge in [-0.05, 0) is 18.2 Å². The van der Waals surface area contributed by atoms with Crippen LogP contribution in [-0.4, -0.2) is 49.4 Å². The molecule has 18 heavy (non-hydrogen) atoms. The Kier molecular flexibility index (Phi) is 3.45. The van der Waals surface area contributed by atoms with Crippen molar-refractivity contribution in [2.75, 3.05) is 43.9 Å². The van der Waals surface area contributed by atoms with Gasteiger partial charge in [-0.2, -0.15) is 0 Å². The highest BCUT2D eigenvalue weighted by atomic mass is 16.5. The van der Waals surface area contributed by atoms with E-state index < -0.39 is 6.09 Å². The van der Waals surface area contributed by atoms with Crippen LogP contribution in [-0.2, 0) is 0 Å². The van der Waals surface area contributed by atoms with Crippen LogP contribution in [0.15, 0.2) is 18.2 Å². The first-order chi connectivity index (χ1) is 8.58. The van der Waals surface area contributed by atoms with Crippen LogP contribution in [0.3, 0.4) is 0 Å². The van der Waals surface area contributed by atoms with E-state index in [2.05, 4.69) is 4.90 Å². The summed E-state index contributed by atoms with van der Waals surface area (Å²) in [5, 5.41) is 8.81. The second kappa shape index (κ2) is 5.03. The fraction of sp³-hybridized carbons (Fsp3) is 0.417. The lowest BCUT2D eigenvalue weighted by molar-refractivity contribution is 0.156. The van der Waals surface area contributed by atoms with Crippen LogP contribution in [0.5, 0.6) is 5.75 Å². The Hall–Kier alpha value is -2.11. The molecular weight excluding hydrogens is 234 g/mol. The maximum Gasteiger partial charge on any atom is 0.407 e. The third-order valence-electron chi connectivity index (χ3n) is 2.97. The smallest absolute Gasteiger partial charge is 0.407 e.